The van der Waals surface area contributed by atoms with Crippen molar-refractivity contribution in [2.45, 2.75) is 6.54 Å². The van der Waals surface area contributed by atoms with Gasteiger partial charge in [0.15, 0.2) is 11.5 Å². The van der Waals surface area contributed by atoms with E-state index in [-0.39, 0.29) is 5.91 Å². The second kappa shape index (κ2) is 6.84. The number of nitrogens with one attached hydrogen (secondary N) is 2. The van der Waals surface area contributed by atoms with Gasteiger partial charge in [0.1, 0.15) is 0 Å². The number of hydrogen-bond acceptors (Lipinski definition) is 3. The third-order valence-electron chi connectivity index (χ3n) is 3.83. The Hall–Kier alpha value is -2.66. The lowest BCUT2D eigenvalue weighted by Crippen LogP contribution is -2.22. The van der Waals surface area contributed by atoms with Gasteiger partial charge in [0.25, 0.3) is 5.91 Å². The van der Waals surface area contributed by atoms with Crippen molar-refractivity contribution >= 4 is 28.4 Å². The van der Waals surface area contributed by atoms with Crippen LogP contribution in [0, 0.1) is 0 Å². The Morgan fingerprint density at radius 1 is 1.17 bits per heavy atom. The standard InChI is InChI=1S/C18H17ClN2O3/c1-23-16-7-12-13(10-20-15(12)8-17(16)24-2)18(22)21-9-11-5-3-4-6-14(11)19/h3-8,10,20H,9H2,1-2H3,(H,21,22). The molecule has 0 radical (unpaired) electrons. The van der Waals surface area contributed by atoms with Crippen LogP contribution in [0.3, 0.4) is 0 Å². The van der Waals surface area contributed by atoms with E-state index in [0.29, 0.717) is 28.6 Å². The van der Waals surface area contributed by atoms with Gasteiger partial charge in [-0.3, -0.25) is 4.79 Å². The maximum Gasteiger partial charge on any atom is 0.253 e. The van der Waals surface area contributed by atoms with Crippen molar-refractivity contribution < 1.29 is 14.3 Å². The Morgan fingerprint density at radius 2 is 1.88 bits per heavy atom. The fraction of sp³-hybridized carbons (Fsp3) is 0.167. The van der Waals surface area contributed by atoms with Gasteiger partial charge in [0.05, 0.1) is 25.3 Å². The summed E-state index contributed by atoms with van der Waals surface area (Å²) in [5, 5.41) is 4.28. The third kappa shape index (κ3) is 3.03. The van der Waals surface area contributed by atoms with E-state index in [0.717, 1.165) is 16.5 Å². The lowest BCUT2D eigenvalue weighted by molar-refractivity contribution is 0.0952. The molecular formula is C18H17ClN2O3. The number of amides is 1. The number of halogens is 1. The predicted molar refractivity (Wildman–Crippen MR) is 94.0 cm³/mol. The summed E-state index contributed by atoms with van der Waals surface area (Å²) in [4.78, 5) is 15.6. The van der Waals surface area contributed by atoms with E-state index in [9.17, 15) is 4.79 Å². The van der Waals surface area contributed by atoms with E-state index in [2.05, 4.69) is 10.3 Å². The summed E-state index contributed by atoms with van der Waals surface area (Å²) in [6, 6.07) is 11.0. The quantitative estimate of drug-likeness (QED) is 0.740. The van der Waals surface area contributed by atoms with E-state index < -0.39 is 0 Å². The minimum atomic E-state index is -0.187. The van der Waals surface area contributed by atoms with Gasteiger partial charge in [-0.25, -0.2) is 0 Å². The van der Waals surface area contributed by atoms with E-state index in [4.69, 9.17) is 21.1 Å². The average Bonchev–Trinajstić information content (AvgIpc) is 3.02. The van der Waals surface area contributed by atoms with Crippen LogP contribution in [0.5, 0.6) is 11.5 Å². The Labute approximate surface area is 144 Å². The van der Waals surface area contributed by atoms with Gasteiger partial charge in [-0.15, -0.1) is 0 Å². The van der Waals surface area contributed by atoms with Crippen molar-refractivity contribution in [1.29, 1.82) is 0 Å². The summed E-state index contributed by atoms with van der Waals surface area (Å²) in [7, 11) is 3.14. The highest BCUT2D eigenvalue weighted by Crippen LogP contribution is 2.33. The predicted octanol–water partition coefficient (Wildman–Crippen LogP) is 3.77. The van der Waals surface area contributed by atoms with Crippen LogP contribution in [0.2, 0.25) is 5.02 Å². The molecule has 0 saturated carbocycles. The number of ether oxygens (including phenoxy) is 2. The molecule has 0 aliphatic heterocycles. The zero-order valence-electron chi connectivity index (χ0n) is 13.4. The number of methoxy groups -OCH3 is 2. The molecule has 2 aromatic carbocycles. The normalized spacial score (nSPS) is 10.6. The number of carbonyl (C=O) groups is 1. The molecule has 6 heteroatoms. The van der Waals surface area contributed by atoms with Crippen molar-refractivity contribution in [2.24, 2.45) is 0 Å². The van der Waals surface area contributed by atoms with Crippen LogP contribution in [0.15, 0.2) is 42.6 Å². The highest BCUT2D eigenvalue weighted by atomic mass is 35.5. The number of hydrogen-bond donors (Lipinski definition) is 2. The van der Waals surface area contributed by atoms with E-state index in [1.54, 1.807) is 38.6 Å². The minimum Gasteiger partial charge on any atom is -0.493 e. The first-order chi connectivity index (χ1) is 11.6. The molecule has 0 aliphatic carbocycles. The Morgan fingerprint density at radius 3 is 2.58 bits per heavy atom. The lowest BCUT2D eigenvalue weighted by Gasteiger charge is -2.09. The lowest BCUT2D eigenvalue weighted by atomic mass is 10.1. The van der Waals surface area contributed by atoms with Crippen LogP contribution in [0.4, 0.5) is 0 Å². The van der Waals surface area contributed by atoms with Crippen LogP contribution < -0.4 is 14.8 Å². The second-order valence-corrected chi connectivity index (χ2v) is 5.64. The Bertz CT molecular complexity index is 889. The molecule has 0 atom stereocenters. The summed E-state index contributed by atoms with van der Waals surface area (Å²) >= 11 is 6.11. The van der Waals surface area contributed by atoms with Crippen LogP contribution in [-0.4, -0.2) is 25.1 Å². The Kier molecular flexibility index (Phi) is 4.62. The molecule has 124 valence electrons. The number of rotatable bonds is 5. The molecule has 5 nitrogen and oxygen atoms in total. The summed E-state index contributed by atoms with van der Waals surface area (Å²) in [6.45, 7) is 0.360. The van der Waals surface area contributed by atoms with Gasteiger partial charge < -0.3 is 19.8 Å². The fourth-order valence-corrected chi connectivity index (χ4v) is 2.75. The van der Waals surface area contributed by atoms with Crippen LogP contribution in [0.1, 0.15) is 15.9 Å². The molecular weight excluding hydrogens is 328 g/mol. The first kappa shape index (κ1) is 16.2. The van der Waals surface area contributed by atoms with Crippen LogP contribution >= 0.6 is 11.6 Å². The average molecular weight is 345 g/mol. The summed E-state index contributed by atoms with van der Waals surface area (Å²) in [6.07, 6.45) is 1.67. The van der Waals surface area contributed by atoms with Gasteiger partial charge in [0.2, 0.25) is 0 Å². The van der Waals surface area contributed by atoms with Crippen molar-refractivity contribution in [3.05, 3.63) is 58.7 Å². The zero-order valence-corrected chi connectivity index (χ0v) is 14.1. The molecule has 1 aromatic heterocycles. The van der Waals surface area contributed by atoms with Gasteiger partial charge in [-0.2, -0.15) is 0 Å². The minimum absolute atomic E-state index is 0.187. The first-order valence-corrected chi connectivity index (χ1v) is 7.76. The number of aromatic nitrogens is 1. The molecule has 0 spiro atoms. The maximum absolute atomic E-state index is 12.5. The SMILES string of the molecule is COc1cc2[nH]cc(C(=O)NCc3ccccc3Cl)c2cc1OC. The molecule has 0 aliphatic rings. The highest BCUT2D eigenvalue weighted by molar-refractivity contribution is 6.31. The largest absolute Gasteiger partial charge is 0.493 e. The number of H-pyrrole nitrogens is 1. The molecule has 24 heavy (non-hydrogen) atoms. The van der Waals surface area contributed by atoms with Crippen molar-refractivity contribution in [1.82, 2.24) is 10.3 Å². The zero-order chi connectivity index (χ0) is 17.1. The number of aromatic amines is 1. The van der Waals surface area contributed by atoms with Gasteiger partial charge >= 0.3 is 0 Å². The monoisotopic (exact) mass is 344 g/mol. The van der Waals surface area contributed by atoms with E-state index in [1.165, 1.54) is 0 Å². The van der Waals surface area contributed by atoms with Crippen LogP contribution in [0.25, 0.3) is 10.9 Å². The number of benzene rings is 2. The molecule has 0 bridgehead atoms. The van der Waals surface area contributed by atoms with E-state index in [1.807, 2.05) is 18.2 Å². The number of fused-ring (bicyclic) bond motifs is 1. The molecule has 1 amide bonds. The van der Waals surface area contributed by atoms with Gasteiger partial charge in [-0.1, -0.05) is 29.8 Å². The smallest absolute Gasteiger partial charge is 0.253 e. The molecule has 1 heterocycles. The van der Waals surface area contributed by atoms with Gasteiger partial charge in [0, 0.05) is 29.2 Å². The fourth-order valence-electron chi connectivity index (χ4n) is 2.55. The van der Waals surface area contributed by atoms with Crippen molar-refractivity contribution in [2.75, 3.05) is 14.2 Å². The molecule has 0 unspecified atom stereocenters. The number of carbonyl (C=O) groups excluding carboxylic acids is 1. The second-order valence-electron chi connectivity index (χ2n) is 5.23. The molecule has 2 N–H and O–H groups in total. The summed E-state index contributed by atoms with van der Waals surface area (Å²) in [5.74, 6) is 0.994. The molecule has 0 saturated heterocycles. The van der Waals surface area contributed by atoms with Gasteiger partial charge in [-0.05, 0) is 17.7 Å². The molecule has 0 fully saturated rings. The third-order valence-corrected chi connectivity index (χ3v) is 4.20. The van der Waals surface area contributed by atoms with E-state index >= 15 is 0 Å². The molecule has 3 aromatic rings. The first-order valence-electron chi connectivity index (χ1n) is 7.38. The summed E-state index contributed by atoms with van der Waals surface area (Å²) in [5.41, 5.74) is 2.21. The van der Waals surface area contributed by atoms with Crippen molar-refractivity contribution in [3.63, 3.8) is 0 Å². The Balaban J connectivity index is 1.86. The maximum atomic E-state index is 12.5. The van der Waals surface area contributed by atoms with Crippen LogP contribution in [-0.2, 0) is 6.54 Å². The van der Waals surface area contributed by atoms with Crippen molar-refractivity contribution in [3.8, 4) is 11.5 Å². The molecule has 3 rings (SSSR count). The summed E-state index contributed by atoms with van der Waals surface area (Å²) < 4.78 is 10.6. The highest BCUT2D eigenvalue weighted by Gasteiger charge is 2.15. The topological polar surface area (TPSA) is 63.4 Å².